The average Bonchev–Trinajstić information content (AvgIpc) is 2.68. The third-order valence-corrected chi connectivity index (χ3v) is 2.43. The number of aryl methyl sites for hydroxylation is 1. The molecule has 2 aromatic rings. The summed E-state index contributed by atoms with van der Waals surface area (Å²) in [6, 6.07) is 1.69. The lowest BCUT2D eigenvalue weighted by molar-refractivity contribution is 0.187. The van der Waals surface area contributed by atoms with Crippen molar-refractivity contribution in [3.63, 3.8) is 0 Å². The average molecular weight is 221 g/mol. The maximum atomic E-state index is 6.00. The monoisotopic (exact) mass is 221 g/mol. The quantitative estimate of drug-likeness (QED) is 0.811. The molecule has 1 atom stereocenters. The summed E-state index contributed by atoms with van der Waals surface area (Å²) in [5.74, 6) is 0.722. The van der Waals surface area contributed by atoms with Crippen molar-refractivity contribution in [2.75, 3.05) is 13.7 Å². The maximum absolute atomic E-state index is 6.00. The summed E-state index contributed by atoms with van der Waals surface area (Å²) in [5, 5.41) is 8.14. The first-order chi connectivity index (χ1) is 7.72. The van der Waals surface area contributed by atoms with Crippen molar-refractivity contribution in [1.29, 1.82) is 0 Å². The molecule has 0 saturated carbocycles. The highest BCUT2D eigenvalue weighted by Gasteiger charge is 2.13. The van der Waals surface area contributed by atoms with Crippen LogP contribution < -0.4 is 5.73 Å². The molecule has 2 rings (SSSR count). The molecule has 6 heteroatoms. The molecule has 0 amide bonds. The standard InChI is InChI=1S/C10H15N5O/c1-7-5-9-13-14-10(15(9)6-12-7)8(11)3-4-16-2/h5-6,8H,3-4,11H2,1-2H3. The number of fused-ring (bicyclic) bond motifs is 1. The molecule has 1 unspecified atom stereocenters. The van der Waals surface area contributed by atoms with Crippen molar-refractivity contribution in [3.05, 3.63) is 23.9 Å². The minimum absolute atomic E-state index is 0.181. The van der Waals surface area contributed by atoms with E-state index >= 15 is 0 Å². The van der Waals surface area contributed by atoms with E-state index in [1.54, 1.807) is 13.4 Å². The van der Waals surface area contributed by atoms with Gasteiger partial charge in [-0.2, -0.15) is 0 Å². The maximum Gasteiger partial charge on any atom is 0.163 e. The van der Waals surface area contributed by atoms with Gasteiger partial charge in [0.05, 0.1) is 6.04 Å². The molecular weight excluding hydrogens is 206 g/mol. The molecule has 0 aliphatic carbocycles. The number of rotatable bonds is 4. The van der Waals surface area contributed by atoms with Crippen molar-refractivity contribution in [2.24, 2.45) is 5.73 Å². The molecule has 0 aliphatic rings. The van der Waals surface area contributed by atoms with Crippen LogP contribution >= 0.6 is 0 Å². The molecule has 2 N–H and O–H groups in total. The minimum atomic E-state index is -0.181. The number of nitrogens with zero attached hydrogens (tertiary/aromatic N) is 4. The van der Waals surface area contributed by atoms with E-state index in [4.69, 9.17) is 10.5 Å². The fourth-order valence-corrected chi connectivity index (χ4v) is 1.53. The highest BCUT2D eigenvalue weighted by atomic mass is 16.5. The van der Waals surface area contributed by atoms with Gasteiger partial charge in [0.15, 0.2) is 11.5 Å². The minimum Gasteiger partial charge on any atom is -0.385 e. The normalized spacial score (nSPS) is 13.2. The molecule has 0 aromatic carbocycles. The number of nitrogens with two attached hydrogens (primary N) is 1. The Bertz CT molecular complexity index is 481. The molecule has 2 heterocycles. The first-order valence-electron chi connectivity index (χ1n) is 5.14. The van der Waals surface area contributed by atoms with Crippen LogP contribution in [0.4, 0.5) is 0 Å². The third kappa shape index (κ3) is 2.02. The van der Waals surface area contributed by atoms with E-state index in [-0.39, 0.29) is 6.04 Å². The van der Waals surface area contributed by atoms with E-state index in [9.17, 15) is 0 Å². The summed E-state index contributed by atoms with van der Waals surface area (Å²) in [6.07, 6.45) is 2.41. The van der Waals surface area contributed by atoms with Crippen LogP contribution in [-0.2, 0) is 4.74 Å². The van der Waals surface area contributed by atoms with E-state index in [1.165, 1.54) is 0 Å². The lowest BCUT2D eigenvalue weighted by Crippen LogP contribution is -2.16. The molecule has 2 aromatic heterocycles. The number of hydrogen-bond donors (Lipinski definition) is 1. The van der Waals surface area contributed by atoms with E-state index in [2.05, 4.69) is 15.2 Å². The molecule has 0 fully saturated rings. The zero-order valence-corrected chi connectivity index (χ0v) is 9.42. The Morgan fingerprint density at radius 3 is 3.06 bits per heavy atom. The molecule has 0 saturated heterocycles. The van der Waals surface area contributed by atoms with Gasteiger partial charge in [0.25, 0.3) is 0 Å². The summed E-state index contributed by atoms with van der Waals surface area (Å²) in [5.41, 5.74) is 7.69. The number of hydrogen-bond acceptors (Lipinski definition) is 5. The van der Waals surface area contributed by atoms with Gasteiger partial charge in [0, 0.05) is 25.5 Å². The second kappa shape index (κ2) is 4.54. The predicted molar refractivity (Wildman–Crippen MR) is 58.9 cm³/mol. The molecular formula is C10H15N5O. The Hall–Kier alpha value is -1.53. The second-order valence-corrected chi connectivity index (χ2v) is 3.70. The third-order valence-electron chi connectivity index (χ3n) is 2.43. The van der Waals surface area contributed by atoms with Crippen LogP contribution in [0, 0.1) is 6.92 Å². The fraction of sp³-hybridized carbons (Fsp3) is 0.500. The second-order valence-electron chi connectivity index (χ2n) is 3.70. The number of aromatic nitrogens is 4. The lowest BCUT2D eigenvalue weighted by Gasteiger charge is -2.08. The summed E-state index contributed by atoms with van der Waals surface area (Å²) >= 11 is 0. The molecule has 0 aliphatic heterocycles. The zero-order valence-electron chi connectivity index (χ0n) is 9.42. The first kappa shape index (κ1) is 11.0. The molecule has 16 heavy (non-hydrogen) atoms. The van der Waals surface area contributed by atoms with Gasteiger partial charge >= 0.3 is 0 Å². The van der Waals surface area contributed by atoms with Gasteiger partial charge in [0.2, 0.25) is 0 Å². The SMILES string of the molecule is COCCC(N)c1nnc2cc(C)ncn12. The van der Waals surface area contributed by atoms with Crippen LogP contribution in [0.15, 0.2) is 12.4 Å². The smallest absolute Gasteiger partial charge is 0.163 e. The van der Waals surface area contributed by atoms with Crippen LogP contribution in [0.1, 0.15) is 24.0 Å². The summed E-state index contributed by atoms with van der Waals surface area (Å²) in [6.45, 7) is 2.52. The van der Waals surface area contributed by atoms with Crippen molar-refractivity contribution < 1.29 is 4.74 Å². The first-order valence-corrected chi connectivity index (χ1v) is 5.14. The van der Waals surface area contributed by atoms with Crippen LogP contribution in [0.3, 0.4) is 0 Å². The topological polar surface area (TPSA) is 78.3 Å². The Morgan fingerprint density at radius 2 is 2.31 bits per heavy atom. The van der Waals surface area contributed by atoms with Gasteiger partial charge in [-0.3, -0.25) is 4.40 Å². The van der Waals surface area contributed by atoms with Crippen molar-refractivity contribution in [3.8, 4) is 0 Å². The molecule has 86 valence electrons. The largest absolute Gasteiger partial charge is 0.385 e. The van der Waals surface area contributed by atoms with E-state index < -0.39 is 0 Å². The van der Waals surface area contributed by atoms with E-state index in [0.29, 0.717) is 13.0 Å². The van der Waals surface area contributed by atoms with Gasteiger partial charge in [0.1, 0.15) is 6.33 Å². The van der Waals surface area contributed by atoms with Crippen molar-refractivity contribution in [1.82, 2.24) is 19.6 Å². The van der Waals surface area contributed by atoms with Crippen molar-refractivity contribution in [2.45, 2.75) is 19.4 Å². The van der Waals surface area contributed by atoms with Gasteiger partial charge < -0.3 is 10.5 Å². The molecule has 0 radical (unpaired) electrons. The molecule has 6 nitrogen and oxygen atoms in total. The van der Waals surface area contributed by atoms with Crippen molar-refractivity contribution >= 4 is 5.65 Å². The Morgan fingerprint density at radius 1 is 1.50 bits per heavy atom. The van der Waals surface area contributed by atoms with Crippen LogP contribution in [-0.4, -0.2) is 33.3 Å². The van der Waals surface area contributed by atoms with Gasteiger partial charge in [-0.05, 0) is 13.3 Å². The zero-order chi connectivity index (χ0) is 11.5. The highest BCUT2D eigenvalue weighted by Crippen LogP contribution is 2.13. The number of methoxy groups -OCH3 is 1. The predicted octanol–water partition coefficient (Wildman–Crippen LogP) is 0.469. The highest BCUT2D eigenvalue weighted by molar-refractivity contribution is 5.38. The van der Waals surface area contributed by atoms with Crippen LogP contribution in [0.2, 0.25) is 0 Å². The molecule has 0 bridgehead atoms. The fourth-order valence-electron chi connectivity index (χ4n) is 1.53. The Balaban J connectivity index is 2.31. The van der Waals surface area contributed by atoms with Crippen LogP contribution in [0.5, 0.6) is 0 Å². The van der Waals surface area contributed by atoms with Gasteiger partial charge in [-0.25, -0.2) is 4.98 Å². The van der Waals surface area contributed by atoms with E-state index in [0.717, 1.165) is 17.2 Å². The summed E-state index contributed by atoms with van der Waals surface area (Å²) < 4.78 is 6.80. The van der Waals surface area contributed by atoms with Gasteiger partial charge in [-0.15, -0.1) is 10.2 Å². The molecule has 0 spiro atoms. The Labute approximate surface area is 93.5 Å². The summed E-state index contributed by atoms with van der Waals surface area (Å²) in [7, 11) is 1.65. The summed E-state index contributed by atoms with van der Waals surface area (Å²) in [4.78, 5) is 4.20. The lowest BCUT2D eigenvalue weighted by atomic mass is 10.2. The van der Waals surface area contributed by atoms with E-state index in [1.807, 2.05) is 17.4 Å². The number of ether oxygens (including phenoxy) is 1. The Kier molecular flexibility index (Phi) is 3.12. The van der Waals surface area contributed by atoms with Gasteiger partial charge in [-0.1, -0.05) is 0 Å². The van der Waals surface area contributed by atoms with Crippen LogP contribution in [0.25, 0.3) is 5.65 Å².